The normalized spacial score (nSPS) is 12.3. The Bertz CT molecular complexity index is 157. The Hall–Kier alpha value is -0.770. The van der Waals surface area contributed by atoms with E-state index in [1.54, 1.807) is 18.9 Å². The standard InChI is InChI=1S/C10H21NO3/c1-5-8-11(9(6-2)13-4)10(12)14-7-3/h9H,5-8H2,1-4H3. The highest BCUT2D eigenvalue weighted by atomic mass is 16.6. The third kappa shape index (κ3) is 3.96. The molecule has 0 aliphatic heterocycles. The Morgan fingerprint density at radius 2 is 2.00 bits per heavy atom. The lowest BCUT2D eigenvalue weighted by atomic mass is 10.3. The summed E-state index contributed by atoms with van der Waals surface area (Å²) in [7, 11) is 1.61. The van der Waals surface area contributed by atoms with Crippen LogP contribution in [0.15, 0.2) is 0 Å². The van der Waals surface area contributed by atoms with Gasteiger partial charge in [0.2, 0.25) is 0 Å². The van der Waals surface area contributed by atoms with Crippen LogP contribution in [0.1, 0.15) is 33.6 Å². The number of ether oxygens (including phenoxy) is 2. The third-order valence-corrected chi connectivity index (χ3v) is 1.94. The molecule has 0 radical (unpaired) electrons. The van der Waals surface area contributed by atoms with E-state index in [1.165, 1.54) is 0 Å². The predicted molar refractivity (Wildman–Crippen MR) is 55.1 cm³/mol. The van der Waals surface area contributed by atoms with Gasteiger partial charge in [0, 0.05) is 13.7 Å². The first-order valence-corrected chi connectivity index (χ1v) is 5.17. The molecule has 84 valence electrons. The second-order valence-electron chi connectivity index (χ2n) is 2.99. The summed E-state index contributed by atoms with van der Waals surface area (Å²) in [5, 5.41) is 0. The Morgan fingerprint density at radius 1 is 1.36 bits per heavy atom. The molecule has 14 heavy (non-hydrogen) atoms. The average molecular weight is 203 g/mol. The lowest BCUT2D eigenvalue weighted by molar-refractivity contribution is -0.0303. The molecule has 0 spiro atoms. The maximum absolute atomic E-state index is 11.5. The molecule has 0 aromatic carbocycles. The molecule has 0 aliphatic rings. The van der Waals surface area contributed by atoms with Gasteiger partial charge in [0.05, 0.1) is 6.61 Å². The molecule has 0 saturated carbocycles. The van der Waals surface area contributed by atoms with Crippen molar-refractivity contribution in [2.24, 2.45) is 0 Å². The van der Waals surface area contributed by atoms with Crippen molar-refractivity contribution >= 4 is 6.09 Å². The second-order valence-corrected chi connectivity index (χ2v) is 2.99. The van der Waals surface area contributed by atoms with Crippen molar-refractivity contribution in [2.45, 2.75) is 39.8 Å². The van der Waals surface area contributed by atoms with Gasteiger partial charge >= 0.3 is 6.09 Å². The average Bonchev–Trinajstić information content (AvgIpc) is 2.18. The molecule has 1 amide bonds. The highest BCUT2D eigenvalue weighted by Crippen LogP contribution is 2.08. The molecule has 0 N–H and O–H groups in total. The fourth-order valence-corrected chi connectivity index (χ4v) is 1.31. The molecule has 1 unspecified atom stereocenters. The molecule has 0 aromatic heterocycles. The van der Waals surface area contributed by atoms with Gasteiger partial charge in [-0.15, -0.1) is 0 Å². The van der Waals surface area contributed by atoms with Crippen molar-refractivity contribution in [2.75, 3.05) is 20.3 Å². The van der Waals surface area contributed by atoms with Gasteiger partial charge in [0.15, 0.2) is 0 Å². The molecule has 4 heteroatoms. The zero-order valence-electron chi connectivity index (χ0n) is 9.58. The molecule has 0 saturated heterocycles. The number of rotatable bonds is 6. The van der Waals surface area contributed by atoms with Gasteiger partial charge in [0.25, 0.3) is 0 Å². The zero-order chi connectivity index (χ0) is 11.0. The number of nitrogens with zero attached hydrogens (tertiary/aromatic N) is 1. The third-order valence-electron chi connectivity index (χ3n) is 1.94. The molecular formula is C10H21NO3. The van der Waals surface area contributed by atoms with Crippen molar-refractivity contribution in [1.82, 2.24) is 4.90 Å². The van der Waals surface area contributed by atoms with Crippen LogP contribution in [0, 0.1) is 0 Å². The SMILES string of the molecule is CCCN(C(=O)OCC)C(CC)OC. The van der Waals surface area contributed by atoms with Gasteiger partial charge in [-0.2, -0.15) is 0 Å². The number of hydrogen-bond donors (Lipinski definition) is 0. The van der Waals surface area contributed by atoms with Crippen LogP contribution >= 0.6 is 0 Å². The summed E-state index contributed by atoms with van der Waals surface area (Å²) in [6, 6.07) is 0. The topological polar surface area (TPSA) is 38.8 Å². The minimum Gasteiger partial charge on any atom is -0.450 e. The minimum atomic E-state index is -0.289. The van der Waals surface area contributed by atoms with Crippen LogP contribution < -0.4 is 0 Å². The quantitative estimate of drug-likeness (QED) is 0.621. The summed E-state index contributed by atoms with van der Waals surface area (Å²) in [6.45, 7) is 6.88. The number of amides is 1. The van der Waals surface area contributed by atoms with Gasteiger partial charge in [0.1, 0.15) is 6.23 Å². The van der Waals surface area contributed by atoms with E-state index in [-0.39, 0.29) is 12.3 Å². The summed E-state index contributed by atoms with van der Waals surface area (Å²) >= 11 is 0. The van der Waals surface area contributed by atoms with E-state index in [9.17, 15) is 4.79 Å². The highest BCUT2D eigenvalue weighted by Gasteiger charge is 2.21. The van der Waals surface area contributed by atoms with Crippen LogP contribution in [0.4, 0.5) is 4.79 Å². The van der Waals surface area contributed by atoms with E-state index in [0.29, 0.717) is 13.2 Å². The molecular weight excluding hydrogens is 182 g/mol. The maximum atomic E-state index is 11.5. The van der Waals surface area contributed by atoms with Crippen molar-refractivity contribution < 1.29 is 14.3 Å². The summed E-state index contributed by atoms with van der Waals surface area (Å²) in [5.74, 6) is 0. The van der Waals surface area contributed by atoms with Crippen LogP contribution in [-0.4, -0.2) is 37.5 Å². The Balaban J connectivity index is 4.31. The monoisotopic (exact) mass is 203 g/mol. The van der Waals surface area contributed by atoms with Gasteiger partial charge in [-0.1, -0.05) is 13.8 Å². The zero-order valence-corrected chi connectivity index (χ0v) is 9.58. The minimum absolute atomic E-state index is 0.172. The Labute approximate surface area is 86.2 Å². The van der Waals surface area contributed by atoms with Crippen LogP contribution in [0.2, 0.25) is 0 Å². The first-order chi connectivity index (χ1) is 6.71. The summed E-state index contributed by atoms with van der Waals surface area (Å²) < 4.78 is 10.2. The van der Waals surface area contributed by atoms with E-state index in [4.69, 9.17) is 9.47 Å². The lowest BCUT2D eigenvalue weighted by Crippen LogP contribution is -2.42. The van der Waals surface area contributed by atoms with Crippen LogP contribution in [0.25, 0.3) is 0 Å². The molecule has 0 fully saturated rings. The molecule has 0 aromatic rings. The summed E-state index contributed by atoms with van der Waals surface area (Å²) in [4.78, 5) is 13.1. The van der Waals surface area contributed by atoms with E-state index in [0.717, 1.165) is 12.8 Å². The van der Waals surface area contributed by atoms with Crippen LogP contribution in [0.3, 0.4) is 0 Å². The molecule has 4 nitrogen and oxygen atoms in total. The van der Waals surface area contributed by atoms with Crippen molar-refractivity contribution in [3.63, 3.8) is 0 Å². The van der Waals surface area contributed by atoms with E-state index < -0.39 is 0 Å². The second kappa shape index (κ2) is 7.62. The van der Waals surface area contributed by atoms with Crippen molar-refractivity contribution in [3.05, 3.63) is 0 Å². The largest absolute Gasteiger partial charge is 0.450 e. The van der Waals surface area contributed by atoms with Crippen LogP contribution in [0.5, 0.6) is 0 Å². The first-order valence-electron chi connectivity index (χ1n) is 5.17. The molecule has 1 atom stereocenters. The van der Waals surface area contributed by atoms with Crippen molar-refractivity contribution in [1.29, 1.82) is 0 Å². The summed E-state index contributed by atoms with van der Waals surface area (Å²) in [5.41, 5.74) is 0. The number of methoxy groups -OCH3 is 1. The van der Waals surface area contributed by atoms with E-state index >= 15 is 0 Å². The van der Waals surface area contributed by atoms with Gasteiger partial charge < -0.3 is 9.47 Å². The van der Waals surface area contributed by atoms with Gasteiger partial charge in [-0.05, 0) is 19.8 Å². The number of carbonyl (C=O) groups excluding carboxylic acids is 1. The van der Waals surface area contributed by atoms with Gasteiger partial charge in [-0.25, -0.2) is 4.79 Å². The number of carbonyl (C=O) groups is 1. The fraction of sp³-hybridized carbons (Fsp3) is 0.900. The Morgan fingerprint density at radius 3 is 2.36 bits per heavy atom. The lowest BCUT2D eigenvalue weighted by Gasteiger charge is -2.28. The van der Waals surface area contributed by atoms with Crippen LogP contribution in [-0.2, 0) is 9.47 Å². The van der Waals surface area contributed by atoms with Gasteiger partial charge in [-0.3, -0.25) is 4.90 Å². The molecule has 0 bridgehead atoms. The number of hydrogen-bond acceptors (Lipinski definition) is 3. The fourth-order valence-electron chi connectivity index (χ4n) is 1.31. The molecule has 0 aliphatic carbocycles. The van der Waals surface area contributed by atoms with E-state index in [1.807, 2.05) is 13.8 Å². The molecule has 0 heterocycles. The predicted octanol–water partition coefficient (Wildman–Crippen LogP) is 2.24. The van der Waals surface area contributed by atoms with Crippen molar-refractivity contribution in [3.8, 4) is 0 Å². The maximum Gasteiger partial charge on any atom is 0.411 e. The summed E-state index contributed by atoms with van der Waals surface area (Å²) in [6.07, 6.45) is 1.21. The smallest absolute Gasteiger partial charge is 0.411 e. The highest BCUT2D eigenvalue weighted by molar-refractivity contribution is 5.67. The first kappa shape index (κ1) is 13.2. The van der Waals surface area contributed by atoms with E-state index in [2.05, 4.69) is 0 Å². The Kier molecular flexibility index (Phi) is 7.20. The molecule has 0 rings (SSSR count).